The van der Waals surface area contributed by atoms with Crippen molar-refractivity contribution in [2.24, 2.45) is 0 Å². The molecular weight excluding hydrogens is 392 g/mol. The summed E-state index contributed by atoms with van der Waals surface area (Å²) in [7, 11) is 0. The second-order valence-electron chi connectivity index (χ2n) is 7.77. The van der Waals surface area contributed by atoms with E-state index in [4.69, 9.17) is 25.5 Å². The van der Waals surface area contributed by atoms with Crippen molar-refractivity contribution in [2.75, 3.05) is 33.0 Å². The van der Waals surface area contributed by atoms with Crippen LogP contribution in [0, 0.1) is 0 Å². The molecule has 0 atom stereocenters. The Hall–Kier alpha value is -2.54. The van der Waals surface area contributed by atoms with Crippen LogP contribution < -0.4 is 24.9 Å². The average molecular weight is 415 g/mol. The monoisotopic (exact) mass is 414 g/mol. The molecule has 1 fully saturated rings. The summed E-state index contributed by atoms with van der Waals surface area (Å²) in [4.78, 5) is 15.0. The van der Waals surface area contributed by atoms with Gasteiger partial charge in [-0.1, -0.05) is 11.6 Å². The maximum atomic E-state index is 11.9. The largest absolute Gasteiger partial charge is 0.454 e. The van der Waals surface area contributed by atoms with E-state index < -0.39 is 0 Å². The lowest BCUT2D eigenvalue weighted by atomic mass is 10.1. The Balaban J connectivity index is 1.24. The number of fused-ring (bicyclic) bond motifs is 2. The summed E-state index contributed by atoms with van der Waals surface area (Å²) in [6, 6.07) is 13.2. The maximum Gasteiger partial charge on any atom is 0.336 e. The number of halogens is 1. The highest BCUT2D eigenvalue weighted by atomic mass is 35.5. The van der Waals surface area contributed by atoms with Gasteiger partial charge in [0, 0.05) is 27.6 Å². The first-order valence-electron chi connectivity index (χ1n) is 9.92. The molecule has 6 nitrogen and oxygen atoms in total. The lowest BCUT2D eigenvalue weighted by Gasteiger charge is -2.30. The van der Waals surface area contributed by atoms with E-state index >= 15 is 0 Å². The summed E-state index contributed by atoms with van der Waals surface area (Å²) in [5.41, 5.74) is 2.58. The molecule has 2 aromatic carbocycles. The first-order valence-corrected chi connectivity index (χ1v) is 10.3. The molecule has 0 unspecified atom stereocenters. The molecule has 2 aliphatic heterocycles. The summed E-state index contributed by atoms with van der Waals surface area (Å²) >= 11 is 6.16. The Morgan fingerprint density at radius 3 is 2.45 bits per heavy atom. The van der Waals surface area contributed by atoms with Crippen LogP contribution in [-0.4, -0.2) is 33.0 Å². The first kappa shape index (κ1) is 18.5. The minimum atomic E-state index is -0.304. The molecule has 3 heterocycles. The minimum Gasteiger partial charge on any atom is -0.454 e. The van der Waals surface area contributed by atoms with E-state index in [1.807, 2.05) is 12.1 Å². The summed E-state index contributed by atoms with van der Waals surface area (Å²) in [6.07, 6.45) is 0. The Morgan fingerprint density at radius 1 is 0.862 bits per heavy atom. The van der Waals surface area contributed by atoms with Gasteiger partial charge in [-0.25, -0.2) is 4.79 Å². The van der Waals surface area contributed by atoms with Gasteiger partial charge in [-0.15, -0.1) is 0 Å². The van der Waals surface area contributed by atoms with Gasteiger partial charge in [0.1, 0.15) is 44.9 Å². The summed E-state index contributed by atoms with van der Waals surface area (Å²) in [5, 5.41) is 1.58. The smallest absolute Gasteiger partial charge is 0.336 e. The fourth-order valence-corrected chi connectivity index (χ4v) is 4.44. The van der Waals surface area contributed by atoms with Gasteiger partial charge in [0.2, 0.25) is 6.79 Å². The minimum absolute atomic E-state index is 0.304. The van der Waals surface area contributed by atoms with Crippen molar-refractivity contribution in [3.63, 3.8) is 0 Å². The first-order chi connectivity index (χ1) is 14.1. The van der Waals surface area contributed by atoms with Crippen LogP contribution in [0.5, 0.6) is 11.5 Å². The lowest BCUT2D eigenvalue weighted by Crippen LogP contribution is -3.27. The molecule has 150 valence electrons. The van der Waals surface area contributed by atoms with Gasteiger partial charge in [-0.05, 0) is 36.4 Å². The Labute approximate surface area is 173 Å². The normalized spacial score (nSPS) is 20.9. The highest BCUT2D eigenvalue weighted by molar-refractivity contribution is 6.31. The van der Waals surface area contributed by atoms with E-state index in [0.717, 1.165) is 61.7 Å². The Morgan fingerprint density at radius 2 is 1.62 bits per heavy atom. The lowest BCUT2D eigenvalue weighted by molar-refractivity contribution is -1.02. The summed E-state index contributed by atoms with van der Waals surface area (Å²) in [6.45, 7) is 6.39. The van der Waals surface area contributed by atoms with Crippen molar-refractivity contribution in [1.82, 2.24) is 0 Å². The standard InChI is InChI=1S/C22H21ClN2O4/c23-17-2-4-19-18(11-17)16(10-22(26)29-19)13-25-7-5-24(6-8-25)12-15-1-3-20-21(9-15)28-14-27-20/h1-4,9-11H,5-8,12-14H2/p+2. The zero-order chi connectivity index (χ0) is 19.8. The van der Waals surface area contributed by atoms with Crippen LogP contribution in [0.2, 0.25) is 5.02 Å². The van der Waals surface area contributed by atoms with Gasteiger partial charge >= 0.3 is 5.63 Å². The van der Waals surface area contributed by atoms with Gasteiger partial charge in [0.25, 0.3) is 0 Å². The Kier molecular flexibility index (Phi) is 4.91. The molecule has 1 aromatic heterocycles. The van der Waals surface area contributed by atoms with E-state index in [9.17, 15) is 4.79 Å². The van der Waals surface area contributed by atoms with Crippen LogP contribution in [0.1, 0.15) is 11.1 Å². The molecule has 29 heavy (non-hydrogen) atoms. The number of benzene rings is 2. The molecule has 2 N–H and O–H groups in total. The molecule has 2 aliphatic rings. The van der Waals surface area contributed by atoms with E-state index in [-0.39, 0.29) is 5.63 Å². The molecule has 0 bridgehead atoms. The highest BCUT2D eigenvalue weighted by Gasteiger charge is 2.25. The third kappa shape index (κ3) is 3.96. The van der Waals surface area contributed by atoms with Crippen LogP contribution in [0.4, 0.5) is 0 Å². The van der Waals surface area contributed by atoms with E-state index in [2.05, 4.69) is 12.1 Å². The van der Waals surface area contributed by atoms with Crippen molar-refractivity contribution in [3.8, 4) is 11.5 Å². The zero-order valence-electron chi connectivity index (χ0n) is 16.0. The van der Waals surface area contributed by atoms with E-state index in [1.54, 1.807) is 23.1 Å². The third-order valence-electron chi connectivity index (χ3n) is 5.79. The van der Waals surface area contributed by atoms with Crippen LogP contribution in [-0.2, 0) is 13.1 Å². The number of quaternary nitrogens is 2. The van der Waals surface area contributed by atoms with Crippen molar-refractivity contribution in [3.05, 3.63) is 69.0 Å². The van der Waals surface area contributed by atoms with Gasteiger partial charge in [0.05, 0.1) is 0 Å². The molecule has 0 aliphatic carbocycles. The van der Waals surface area contributed by atoms with Gasteiger partial charge in [-0.3, -0.25) is 0 Å². The SMILES string of the molecule is O=c1cc(C[NH+]2CC[NH+](Cc3ccc4c(c3)OCO4)CC2)c2cc(Cl)ccc2o1. The quantitative estimate of drug-likeness (QED) is 0.616. The molecule has 1 saturated heterocycles. The van der Waals surface area contributed by atoms with Crippen LogP contribution in [0.15, 0.2) is 51.7 Å². The maximum absolute atomic E-state index is 11.9. The fourth-order valence-electron chi connectivity index (χ4n) is 4.27. The Bertz CT molecular complexity index is 1110. The highest BCUT2D eigenvalue weighted by Crippen LogP contribution is 2.32. The number of ether oxygens (including phenoxy) is 2. The second kappa shape index (κ2) is 7.71. The molecule has 0 amide bonds. The zero-order valence-corrected chi connectivity index (χ0v) is 16.8. The van der Waals surface area contributed by atoms with Gasteiger partial charge < -0.3 is 23.7 Å². The molecular formula is C22H23ClN2O4+2. The van der Waals surface area contributed by atoms with Crippen molar-refractivity contribution in [1.29, 1.82) is 0 Å². The van der Waals surface area contributed by atoms with Crippen LogP contribution in [0.25, 0.3) is 11.0 Å². The molecule has 3 aromatic rings. The van der Waals surface area contributed by atoms with E-state index in [1.165, 1.54) is 10.5 Å². The predicted molar refractivity (Wildman–Crippen MR) is 109 cm³/mol. The second-order valence-corrected chi connectivity index (χ2v) is 8.21. The van der Waals surface area contributed by atoms with Crippen molar-refractivity contribution < 1.29 is 23.7 Å². The third-order valence-corrected chi connectivity index (χ3v) is 6.02. The number of hydrogen-bond acceptors (Lipinski definition) is 4. The van der Waals surface area contributed by atoms with Gasteiger partial charge in [-0.2, -0.15) is 0 Å². The molecule has 0 saturated carbocycles. The molecule has 7 heteroatoms. The summed E-state index contributed by atoms with van der Waals surface area (Å²) in [5.74, 6) is 1.68. The van der Waals surface area contributed by atoms with Crippen LogP contribution >= 0.6 is 11.6 Å². The van der Waals surface area contributed by atoms with E-state index in [0.29, 0.717) is 17.4 Å². The topological polar surface area (TPSA) is 57.6 Å². The number of hydrogen-bond donors (Lipinski definition) is 2. The average Bonchev–Trinajstić information content (AvgIpc) is 3.18. The molecule has 0 radical (unpaired) electrons. The summed E-state index contributed by atoms with van der Waals surface area (Å²) < 4.78 is 16.2. The number of nitrogens with one attached hydrogen (secondary N) is 2. The van der Waals surface area contributed by atoms with Crippen LogP contribution in [0.3, 0.4) is 0 Å². The van der Waals surface area contributed by atoms with Gasteiger partial charge in [0.15, 0.2) is 11.5 Å². The van der Waals surface area contributed by atoms with Crippen molar-refractivity contribution in [2.45, 2.75) is 13.1 Å². The number of rotatable bonds is 4. The molecule has 0 spiro atoms. The molecule has 5 rings (SSSR count). The number of piperazine rings is 1. The fraction of sp³-hybridized carbons (Fsp3) is 0.318. The van der Waals surface area contributed by atoms with Crippen molar-refractivity contribution >= 4 is 22.6 Å². The predicted octanol–water partition coefficient (Wildman–Crippen LogP) is 0.659.